The summed E-state index contributed by atoms with van der Waals surface area (Å²) >= 11 is 0. The van der Waals surface area contributed by atoms with Crippen LogP contribution in [-0.4, -0.2) is 53.2 Å². The Hall–Kier alpha value is -1.63. The zero-order valence-corrected chi connectivity index (χ0v) is 16.2. The topological polar surface area (TPSA) is 73.8 Å². The molecular weight excluding hydrogens is 330 g/mol. The summed E-state index contributed by atoms with van der Waals surface area (Å²) in [5.74, 6) is 0. The number of amides is 1. The molecule has 2 aliphatic heterocycles. The summed E-state index contributed by atoms with van der Waals surface area (Å²) in [4.78, 5) is 14.0. The maximum atomic E-state index is 12.5. The van der Waals surface area contributed by atoms with Crippen molar-refractivity contribution >= 4 is 6.09 Å². The number of benzene rings is 1. The average molecular weight is 361 g/mol. The molecule has 2 heterocycles. The van der Waals surface area contributed by atoms with Gasteiger partial charge in [-0.05, 0) is 31.2 Å². The second-order valence-electron chi connectivity index (χ2n) is 8.52. The molecule has 3 unspecified atom stereocenters. The number of nitrogens with zero attached hydrogens (tertiary/aromatic N) is 1. The van der Waals surface area contributed by atoms with E-state index in [0.717, 1.165) is 25.2 Å². The molecule has 2 fully saturated rings. The van der Waals surface area contributed by atoms with Crippen LogP contribution < -0.4 is 10.6 Å². The molecule has 1 aromatic carbocycles. The monoisotopic (exact) mass is 361 g/mol. The normalized spacial score (nSPS) is 32.1. The second kappa shape index (κ2) is 6.83. The van der Waals surface area contributed by atoms with Crippen LogP contribution in [0.25, 0.3) is 0 Å². The smallest absolute Gasteiger partial charge is 0.412 e. The molecule has 0 aliphatic carbocycles. The van der Waals surface area contributed by atoms with Gasteiger partial charge in [-0.2, -0.15) is 0 Å². The Bertz CT molecular complexity index is 641. The van der Waals surface area contributed by atoms with E-state index in [1.54, 1.807) is 6.92 Å². The Morgan fingerprint density at radius 2 is 2.00 bits per heavy atom. The molecule has 1 aromatic rings. The van der Waals surface area contributed by atoms with Crippen molar-refractivity contribution in [2.75, 3.05) is 19.8 Å². The molecule has 26 heavy (non-hydrogen) atoms. The van der Waals surface area contributed by atoms with Crippen molar-refractivity contribution in [1.29, 1.82) is 0 Å². The summed E-state index contributed by atoms with van der Waals surface area (Å²) in [6, 6.07) is 10.5. The van der Waals surface area contributed by atoms with Crippen LogP contribution in [0.3, 0.4) is 0 Å². The maximum absolute atomic E-state index is 12.5. The summed E-state index contributed by atoms with van der Waals surface area (Å²) in [5, 5.41) is 17.8. The minimum atomic E-state index is -1.36. The van der Waals surface area contributed by atoms with Crippen molar-refractivity contribution in [3.8, 4) is 0 Å². The molecule has 3 atom stereocenters. The number of rotatable bonds is 6. The molecule has 0 bridgehead atoms. The summed E-state index contributed by atoms with van der Waals surface area (Å²) in [6.07, 6.45) is 0.867. The van der Waals surface area contributed by atoms with Crippen molar-refractivity contribution in [3.63, 3.8) is 0 Å². The minimum absolute atomic E-state index is 0.243. The molecular formula is C20H31N3O3. The van der Waals surface area contributed by atoms with E-state index in [1.165, 1.54) is 4.90 Å². The quantitative estimate of drug-likeness (QED) is 0.724. The molecule has 1 amide bonds. The number of cyclic esters (lactones) is 1. The Morgan fingerprint density at radius 1 is 1.31 bits per heavy atom. The largest absolute Gasteiger partial charge is 0.438 e. The first-order valence-electron chi connectivity index (χ1n) is 9.38. The van der Waals surface area contributed by atoms with E-state index in [-0.39, 0.29) is 5.41 Å². The van der Waals surface area contributed by atoms with E-state index in [0.29, 0.717) is 19.0 Å². The van der Waals surface area contributed by atoms with Gasteiger partial charge in [-0.15, -0.1) is 0 Å². The van der Waals surface area contributed by atoms with Crippen molar-refractivity contribution < 1.29 is 14.6 Å². The summed E-state index contributed by atoms with van der Waals surface area (Å²) in [7, 11) is 0. The molecule has 6 heteroatoms. The van der Waals surface area contributed by atoms with Crippen molar-refractivity contribution in [1.82, 2.24) is 15.5 Å². The van der Waals surface area contributed by atoms with Gasteiger partial charge in [0.15, 0.2) is 11.3 Å². The number of aliphatic hydroxyl groups is 1. The predicted molar refractivity (Wildman–Crippen MR) is 101 cm³/mol. The molecule has 0 radical (unpaired) electrons. The molecule has 2 aliphatic rings. The third kappa shape index (κ3) is 3.46. The van der Waals surface area contributed by atoms with Crippen molar-refractivity contribution in [3.05, 3.63) is 35.9 Å². The number of nitrogens with one attached hydrogen (secondary N) is 2. The van der Waals surface area contributed by atoms with Gasteiger partial charge in [-0.1, -0.05) is 44.2 Å². The van der Waals surface area contributed by atoms with E-state index < -0.39 is 17.4 Å². The highest BCUT2D eigenvalue weighted by Crippen LogP contribution is 2.45. The first-order chi connectivity index (χ1) is 12.2. The Kier molecular flexibility index (Phi) is 5.03. The lowest BCUT2D eigenvalue weighted by Crippen LogP contribution is -2.57. The number of hydrogen-bond acceptors (Lipinski definition) is 5. The van der Waals surface area contributed by atoms with Gasteiger partial charge in [0.05, 0.1) is 0 Å². The van der Waals surface area contributed by atoms with Crippen LogP contribution in [0, 0.1) is 0 Å². The zero-order valence-electron chi connectivity index (χ0n) is 16.2. The maximum Gasteiger partial charge on any atom is 0.412 e. The first-order valence-corrected chi connectivity index (χ1v) is 9.38. The summed E-state index contributed by atoms with van der Waals surface area (Å²) in [5.41, 5.74) is -1.42. The van der Waals surface area contributed by atoms with Gasteiger partial charge in [0, 0.05) is 32.2 Å². The van der Waals surface area contributed by atoms with Gasteiger partial charge in [-0.25, -0.2) is 4.79 Å². The highest BCUT2D eigenvalue weighted by atomic mass is 16.6. The highest BCUT2D eigenvalue weighted by molar-refractivity contribution is 5.72. The Balaban J connectivity index is 1.75. The van der Waals surface area contributed by atoms with Crippen molar-refractivity contribution in [2.45, 2.75) is 63.3 Å². The fraction of sp³-hybridized carbons (Fsp3) is 0.650. The predicted octanol–water partition coefficient (Wildman–Crippen LogP) is 2.18. The van der Waals surface area contributed by atoms with Gasteiger partial charge in [0.25, 0.3) is 0 Å². The third-order valence-electron chi connectivity index (χ3n) is 6.00. The molecule has 2 saturated heterocycles. The number of ether oxygens (including phenoxy) is 1. The zero-order chi connectivity index (χ0) is 19.0. The molecule has 3 rings (SSSR count). The lowest BCUT2D eigenvalue weighted by molar-refractivity contribution is -0.145. The van der Waals surface area contributed by atoms with E-state index >= 15 is 0 Å². The molecule has 0 spiro atoms. The molecule has 0 saturated carbocycles. The van der Waals surface area contributed by atoms with Crippen LogP contribution >= 0.6 is 0 Å². The number of carbonyl (C=O) groups excluding carboxylic acids is 1. The van der Waals surface area contributed by atoms with Gasteiger partial charge >= 0.3 is 6.09 Å². The third-order valence-corrected chi connectivity index (χ3v) is 6.00. The molecule has 6 nitrogen and oxygen atoms in total. The molecule has 144 valence electrons. The Morgan fingerprint density at radius 3 is 2.62 bits per heavy atom. The van der Waals surface area contributed by atoms with Crippen molar-refractivity contribution in [2.24, 2.45) is 0 Å². The van der Waals surface area contributed by atoms with E-state index in [9.17, 15) is 9.90 Å². The Labute approximate surface area is 155 Å². The average Bonchev–Trinajstić information content (AvgIpc) is 3.13. The standard InChI is InChI=1S/C20H31N3O3/c1-18(2,15-8-6-5-7-9-15)13-19(3)20(4,25)23(17(24)26-19)11-10-16-12-21-14-22-16/h5-9,16,21-22,25H,10-14H2,1-4H3. The van der Waals surface area contributed by atoms with Crippen LogP contribution in [0.2, 0.25) is 0 Å². The van der Waals surface area contributed by atoms with Gasteiger partial charge in [0.1, 0.15) is 0 Å². The summed E-state index contributed by atoms with van der Waals surface area (Å²) < 4.78 is 5.75. The number of carbonyl (C=O) groups is 1. The first kappa shape index (κ1) is 19.1. The fourth-order valence-corrected chi connectivity index (χ4v) is 4.18. The van der Waals surface area contributed by atoms with E-state index in [2.05, 4.69) is 36.6 Å². The van der Waals surface area contributed by atoms with Crippen LogP contribution in [-0.2, 0) is 10.2 Å². The number of hydrogen-bond donors (Lipinski definition) is 3. The highest BCUT2D eigenvalue weighted by Gasteiger charge is 2.60. The van der Waals surface area contributed by atoms with Gasteiger partial charge in [-0.3, -0.25) is 4.90 Å². The fourth-order valence-electron chi connectivity index (χ4n) is 4.18. The van der Waals surface area contributed by atoms with E-state index in [1.807, 2.05) is 25.1 Å². The SMILES string of the molecule is CC(C)(CC1(C)OC(=O)N(CCC2CNCN2)C1(C)O)c1ccccc1. The van der Waals surface area contributed by atoms with Gasteiger partial charge < -0.3 is 20.5 Å². The van der Waals surface area contributed by atoms with Gasteiger partial charge in [0.2, 0.25) is 0 Å². The van der Waals surface area contributed by atoms with Crippen LogP contribution in [0.15, 0.2) is 30.3 Å². The van der Waals surface area contributed by atoms with Crippen LogP contribution in [0.1, 0.15) is 46.1 Å². The lowest BCUT2D eigenvalue weighted by Gasteiger charge is -2.42. The summed E-state index contributed by atoms with van der Waals surface area (Å²) in [6.45, 7) is 9.90. The second-order valence-corrected chi connectivity index (χ2v) is 8.52. The molecule has 0 aromatic heterocycles. The minimum Gasteiger partial charge on any atom is -0.438 e. The van der Waals surface area contributed by atoms with Crippen LogP contribution in [0.5, 0.6) is 0 Å². The molecule has 3 N–H and O–H groups in total. The van der Waals surface area contributed by atoms with Crippen LogP contribution in [0.4, 0.5) is 4.79 Å². The van der Waals surface area contributed by atoms with E-state index in [4.69, 9.17) is 4.74 Å². The lowest BCUT2D eigenvalue weighted by atomic mass is 9.72.